The first-order valence-electron chi connectivity index (χ1n) is 8.54. The summed E-state index contributed by atoms with van der Waals surface area (Å²) in [4.78, 5) is 16.5. The minimum absolute atomic E-state index is 0.270. The second kappa shape index (κ2) is 7.94. The number of carboxylic acid groups (broad SMARTS) is 1. The zero-order chi connectivity index (χ0) is 19.6. The highest BCUT2D eigenvalue weighted by Crippen LogP contribution is 2.39. The van der Waals surface area contributed by atoms with Crippen LogP contribution in [0.25, 0.3) is 22.0 Å². The molecule has 0 bridgehead atoms. The number of hydrogen-bond donors (Lipinski definition) is 1. The number of aromatic nitrogens is 1. The van der Waals surface area contributed by atoms with E-state index in [1.165, 1.54) is 0 Å². The molecule has 1 N–H and O–H groups in total. The normalized spacial score (nSPS) is 12.1. The van der Waals surface area contributed by atoms with Crippen LogP contribution >= 0.6 is 11.6 Å². The Labute approximate surface area is 162 Å². The molecule has 1 aromatic heterocycles. The van der Waals surface area contributed by atoms with Crippen molar-refractivity contribution >= 4 is 28.5 Å². The van der Waals surface area contributed by atoms with Crippen LogP contribution in [0.1, 0.15) is 24.3 Å². The molecule has 0 unspecified atom stereocenters. The molecule has 0 aliphatic carbocycles. The van der Waals surface area contributed by atoms with Gasteiger partial charge in [-0.3, -0.25) is 4.98 Å². The Bertz CT molecular complexity index is 986. The third-order valence-electron chi connectivity index (χ3n) is 4.37. The van der Waals surface area contributed by atoms with Crippen molar-refractivity contribution in [1.29, 1.82) is 0 Å². The van der Waals surface area contributed by atoms with Gasteiger partial charge in [0.1, 0.15) is 5.75 Å². The molecule has 0 fully saturated rings. The monoisotopic (exact) mass is 385 g/mol. The summed E-state index contributed by atoms with van der Waals surface area (Å²) in [5.41, 5.74) is 3.48. The number of ether oxygens (including phenoxy) is 2. The van der Waals surface area contributed by atoms with Gasteiger partial charge in [0.2, 0.25) is 0 Å². The lowest BCUT2D eigenvalue weighted by Crippen LogP contribution is -2.18. The molecular formula is C21H20ClNO4. The van der Waals surface area contributed by atoms with Crippen LogP contribution < -0.4 is 4.74 Å². The van der Waals surface area contributed by atoms with Gasteiger partial charge in [-0.05, 0) is 55.3 Å². The molecule has 6 heteroatoms. The molecule has 0 spiro atoms. The van der Waals surface area contributed by atoms with Crippen LogP contribution in [0, 0.1) is 6.92 Å². The summed E-state index contributed by atoms with van der Waals surface area (Å²) < 4.78 is 10.8. The van der Waals surface area contributed by atoms with Crippen LogP contribution in [0.15, 0.2) is 42.5 Å². The average molecular weight is 386 g/mol. The number of carbonyl (C=O) groups is 1. The third-order valence-corrected chi connectivity index (χ3v) is 4.61. The predicted molar refractivity (Wildman–Crippen MR) is 105 cm³/mol. The Kier molecular flexibility index (Phi) is 5.63. The molecule has 3 aromatic rings. The van der Waals surface area contributed by atoms with E-state index in [9.17, 15) is 9.90 Å². The fraction of sp³-hybridized carbons (Fsp3) is 0.238. The molecule has 0 amide bonds. The number of methoxy groups -OCH3 is 1. The lowest BCUT2D eigenvalue weighted by molar-refractivity contribution is -0.150. The van der Waals surface area contributed by atoms with Crippen molar-refractivity contribution in [2.45, 2.75) is 20.0 Å². The van der Waals surface area contributed by atoms with Gasteiger partial charge in [-0.2, -0.15) is 0 Å². The number of benzene rings is 2. The van der Waals surface area contributed by atoms with Crippen molar-refractivity contribution in [1.82, 2.24) is 4.98 Å². The number of aliphatic carboxylic acids is 1. The summed E-state index contributed by atoms with van der Waals surface area (Å²) in [7, 11) is 1.60. The second-order valence-electron chi connectivity index (χ2n) is 6.05. The molecule has 3 rings (SSSR count). The smallest absolute Gasteiger partial charge is 0.337 e. The highest BCUT2D eigenvalue weighted by molar-refractivity contribution is 6.31. The maximum Gasteiger partial charge on any atom is 0.337 e. The lowest BCUT2D eigenvalue weighted by Gasteiger charge is -2.21. The van der Waals surface area contributed by atoms with Gasteiger partial charge in [0, 0.05) is 28.3 Å². The van der Waals surface area contributed by atoms with E-state index >= 15 is 0 Å². The van der Waals surface area contributed by atoms with Crippen LogP contribution in [0.3, 0.4) is 0 Å². The number of hydrogen-bond acceptors (Lipinski definition) is 4. The van der Waals surface area contributed by atoms with Crippen LogP contribution in [0.4, 0.5) is 0 Å². The summed E-state index contributed by atoms with van der Waals surface area (Å²) in [6, 6.07) is 12.9. The number of carboxylic acids is 1. The minimum Gasteiger partial charge on any atom is -0.497 e. The third kappa shape index (κ3) is 3.75. The molecule has 0 saturated heterocycles. The quantitative estimate of drug-likeness (QED) is 0.644. The molecule has 0 saturated carbocycles. The standard InChI is InChI=1S/C21H20ClNO4/c1-4-27-20(21(24)25)18-12(2)23-17-10-7-14(22)11-16(17)19(18)13-5-8-15(26-3)9-6-13/h5-11,20H,4H2,1-3H3,(H,24,25)/t20-/m0/s1. The van der Waals surface area contributed by atoms with Gasteiger partial charge < -0.3 is 14.6 Å². The highest BCUT2D eigenvalue weighted by Gasteiger charge is 2.28. The molecule has 140 valence electrons. The summed E-state index contributed by atoms with van der Waals surface area (Å²) in [6.45, 7) is 3.83. The first kappa shape index (κ1) is 19.1. The maximum atomic E-state index is 11.9. The molecular weight excluding hydrogens is 366 g/mol. The van der Waals surface area contributed by atoms with Gasteiger partial charge in [-0.1, -0.05) is 23.7 Å². The highest BCUT2D eigenvalue weighted by atomic mass is 35.5. The van der Waals surface area contributed by atoms with Gasteiger partial charge in [0.25, 0.3) is 0 Å². The Balaban J connectivity index is 2.38. The Morgan fingerprint density at radius 3 is 2.52 bits per heavy atom. The zero-order valence-corrected chi connectivity index (χ0v) is 16.1. The largest absolute Gasteiger partial charge is 0.497 e. The van der Waals surface area contributed by atoms with Crippen molar-refractivity contribution in [3.63, 3.8) is 0 Å². The van der Waals surface area contributed by atoms with Gasteiger partial charge in [-0.15, -0.1) is 0 Å². The summed E-state index contributed by atoms with van der Waals surface area (Å²) in [5.74, 6) is -0.342. The van der Waals surface area contributed by atoms with Gasteiger partial charge >= 0.3 is 5.97 Å². The van der Waals surface area contributed by atoms with E-state index in [2.05, 4.69) is 4.98 Å². The number of fused-ring (bicyclic) bond motifs is 1. The molecule has 0 radical (unpaired) electrons. The van der Waals surface area contributed by atoms with E-state index in [0.717, 1.165) is 22.0 Å². The van der Waals surface area contributed by atoms with Gasteiger partial charge in [0.05, 0.1) is 12.6 Å². The summed E-state index contributed by atoms with van der Waals surface area (Å²) in [6.07, 6.45) is -1.12. The predicted octanol–water partition coefficient (Wildman–Crippen LogP) is 5.03. The van der Waals surface area contributed by atoms with Crippen LogP contribution in [-0.4, -0.2) is 29.8 Å². The van der Waals surface area contributed by atoms with Gasteiger partial charge in [-0.25, -0.2) is 4.79 Å². The van der Waals surface area contributed by atoms with Crippen LogP contribution in [0.5, 0.6) is 5.75 Å². The van der Waals surface area contributed by atoms with Crippen molar-refractivity contribution in [3.8, 4) is 16.9 Å². The molecule has 0 aliphatic heterocycles. The van der Waals surface area contributed by atoms with E-state index < -0.39 is 12.1 Å². The van der Waals surface area contributed by atoms with E-state index in [-0.39, 0.29) is 6.61 Å². The Morgan fingerprint density at radius 1 is 1.22 bits per heavy atom. The molecule has 27 heavy (non-hydrogen) atoms. The Morgan fingerprint density at radius 2 is 1.93 bits per heavy atom. The molecule has 1 heterocycles. The zero-order valence-electron chi connectivity index (χ0n) is 15.3. The van der Waals surface area contributed by atoms with E-state index in [0.29, 0.717) is 22.0 Å². The fourth-order valence-corrected chi connectivity index (χ4v) is 3.38. The first-order chi connectivity index (χ1) is 13.0. The Hall–Kier alpha value is -2.63. The van der Waals surface area contributed by atoms with Crippen molar-refractivity contribution in [2.75, 3.05) is 13.7 Å². The van der Waals surface area contributed by atoms with E-state index in [4.69, 9.17) is 21.1 Å². The number of pyridine rings is 1. The second-order valence-corrected chi connectivity index (χ2v) is 6.49. The molecule has 1 atom stereocenters. The SMILES string of the molecule is CCO[C@H](C(=O)O)c1c(C)nc2ccc(Cl)cc2c1-c1ccc(OC)cc1. The van der Waals surface area contributed by atoms with Crippen molar-refractivity contribution < 1.29 is 19.4 Å². The summed E-state index contributed by atoms with van der Waals surface area (Å²) in [5, 5.41) is 11.1. The number of aryl methyl sites for hydroxylation is 1. The van der Waals surface area contributed by atoms with Crippen LogP contribution in [0.2, 0.25) is 5.02 Å². The number of nitrogens with zero attached hydrogens (tertiary/aromatic N) is 1. The summed E-state index contributed by atoms with van der Waals surface area (Å²) >= 11 is 6.23. The van der Waals surface area contributed by atoms with Crippen LogP contribution in [-0.2, 0) is 9.53 Å². The average Bonchev–Trinajstić information content (AvgIpc) is 2.66. The van der Waals surface area contributed by atoms with Crippen molar-refractivity contribution in [2.24, 2.45) is 0 Å². The van der Waals surface area contributed by atoms with Crippen molar-refractivity contribution in [3.05, 3.63) is 58.7 Å². The van der Waals surface area contributed by atoms with Gasteiger partial charge in [0.15, 0.2) is 6.10 Å². The maximum absolute atomic E-state index is 11.9. The minimum atomic E-state index is -1.12. The lowest BCUT2D eigenvalue weighted by atomic mass is 9.91. The fourth-order valence-electron chi connectivity index (χ4n) is 3.21. The first-order valence-corrected chi connectivity index (χ1v) is 8.92. The topological polar surface area (TPSA) is 68.7 Å². The molecule has 0 aliphatic rings. The van der Waals surface area contributed by atoms with E-state index in [1.807, 2.05) is 30.3 Å². The molecule has 2 aromatic carbocycles. The molecule has 5 nitrogen and oxygen atoms in total. The number of rotatable bonds is 6. The number of halogens is 1. The van der Waals surface area contributed by atoms with E-state index in [1.54, 1.807) is 33.1 Å².